The molecule has 0 bridgehead atoms. The number of halogens is 1. The number of aromatic nitrogens is 1. The van der Waals surface area contributed by atoms with Crippen molar-refractivity contribution in [2.45, 2.75) is 13.5 Å². The maximum Gasteiger partial charge on any atom is 0.144 e. The van der Waals surface area contributed by atoms with E-state index in [0.717, 1.165) is 23.3 Å². The lowest BCUT2D eigenvalue weighted by Crippen LogP contribution is -2.16. The minimum absolute atomic E-state index is 0.410. The van der Waals surface area contributed by atoms with Gasteiger partial charge < -0.3 is 20.7 Å². The monoisotopic (exact) mass is 457 g/mol. The van der Waals surface area contributed by atoms with Crippen molar-refractivity contribution in [3.8, 4) is 11.8 Å². The lowest BCUT2D eigenvalue weighted by atomic mass is 10.1. The summed E-state index contributed by atoms with van der Waals surface area (Å²) in [5.74, 6) is 0.571. The average Bonchev–Trinajstić information content (AvgIpc) is 2.81. The molecule has 33 heavy (non-hydrogen) atoms. The highest BCUT2D eigenvalue weighted by molar-refractivity contribution is 6.33. The molecule has 0 fully saturated rings. The molecule has 0 radical (unpaired) electrons. The number of nitrogens with one attached hydrogen (secondary N) is 1. The number of fused-ring (bicyclic) bond motifs is 1. The van der Waals surface area contributed by atoms with Crippen molar-refractivity contribution in [3.05, 3.63) is 83.0 Å². The second-order valence-electron chi connectivity index (χ2n) is 7.63. The van der Waals surface area contributed by atoms with Crippen LogP contribution in [0.3, 0.4) is 0 Å². The van der Waals surface area contributed by atoms with Gasteiger partial charge in [0.15, 0.2) is 0 Å². The second kappa shape index (κ2) is 9.68. The molecule has 0 aliphatic heterocycles. The summed E-state index contributed by atoms with van der Waals surface area (Å²) < 4.78 is 5.58. The minimum Gasteiger partial charge on any atom is -0.492 e. The first-order valence-corrected chi connectivity index (χ1v) is 10.9. The predicted octanol–water partition coefficient (Wildman–Crippen LogP) is 6.12. The molecule has 7 heteroatoms. The normalized spacial score (nSPS) is 10.6. The van der Waals surface area contributed by atoms with Crippen molar-refractivity contribution in [2.24, 2.45) is 0 Å². The van der Waals surface area contributed by atoms with E-state index in [1.807, 2.05) is 50.4 Å². The van der Waals surface area contributed by atoms with Crippen LogP contribution in [0.5, 0.6) is 5.75 Å². The highest BCUT2D eigenvalue weighted by atomic mass is 35.5. The molecule has 1 aromatic heterocycles. The van der Waals surface area contributed by atoms with Gasteiger partial charge in [-0.2, -0.15) is 5.26 Å². The number of hydrogen-bond acceptors (Lipinski definition) is 6. The Balaban J connectivity index is 1.66. The van der Waals surface area contributed by atoms with Gasteiger partial charge in [-0.15, -0.1) is 0 Å². The van der Waals surface area contributed by atoms with E-state index in [1.165, 1.54) is 5.56 Å². The molecule has 0 atom stereocenters. The smallest absolute Gasteiger partial charge is 0.144 e. The molecule has 1 heterocycles. The van der Waals surface area contributed by atoms with E-state index in [0.29, 0.717) is 39.8 Å². The van der Waals surface area contributed by atoms with E-state index in [-0.39, 0.29) is 0 Å². The van der Waals surface area contributed by atoms with E-state index < -0.39 is 0 Å². The van der Waals surface area contributed by atoms with Crippen molar-refractivity contribution >= 4 is 45.3 Å². The van der Waals surface area contributed by atoms with Crippen LogP contribution in [-0.2, 0) is 6.54 Å². The summed E-state index contributed by atoms with van der Waals surface area (Å²) in [4.78, 5) is 6.50. The van der Waals surface area contributed by atoms with Crippen LogP contribution in [0.1, 0.15) is 18.1 Å². The molecular formula is C26H24ClN5O. The Morgan fingerprint density at radius 2 is 1.94 bits per heavy atom. The van der Waals surface area contributed by atoms with Gasteiger partial charge in [0.1, 0.15) is 11.8 Å². The molecule has 0 spiro atoms. The van der Waals surface area contributed by atoms with E-state index in [1.54, 1.807) is 18.3 Å². The van der Waals surface area contributed by atoms with Crippen molar-refractivity contribution in [3.63, 3.8) is 0 Å². The standard InChI is InChI=1S/C26H24ClN5O/c1-3-33-25-13-23-20(12-22(25)29)26(18(14-28)15-30-23)31-19-9-10-24(21(27)11-19)32(2)16-17-7-5-4-6-8-17/h4-13,15H,3,16,29H2,1-2H3,(H,30,31). The van der Waals surface area contributed by atoms with Gasteiger partial charge in [-0.3, -0.25) is 4.98 Å². The number of benzene rings is 3. The fourth-order valence-corrected chi connectivity index (χ4v) is 4.04. The van der Waals surface area contributed by atoms with Crippen LogP contribution in [0.15, 0.2) is 66.9 Å². The number of nitriles is 1. The Morgan fingerprint density at radius 1 is 1.15 bits per heavy atom. The van der Waals surface area contributed by atoms with Crippen LogP contribution in [-0.4, -0.2) is 18.6 Å². The molecule has 6 nitrogen and oxygen atoms in total. The summed E-state index contributed by atoms with van der Waals surface area (Å²) in [5.41, 5.74) is 11.2. The molecule has 4 rings (SSSR count). The van der Waals surface area contributed by atoms with Crippen LogP contribution >= 0.6 is 11.6 Å². The highest BCUT2D eigenvalue weighted by Crippen LogP contribution is 2.36. The number of nitrogens with zero attached hydrogens (tertiary/aromatic N) is 3. The van der Waals surface area contributed by atoms with Gasteiger partial charge in [0.05, 0.1) is 39.8 Å². The molecule has 0 unspecified atom stereocenters. The number of anilines is 4. The van der Waals surface area contributed by atoms with Crippen LogP contribution < -0.4 is 20.7 Å². The first-order chi connectivity index (χ1) is 16.0. The minimum atomic E-state index is 0.410. The number of rotatable bonds is 7. The fourth-order valence-electron chi connectivity index (χ4n) is 3.72. The van der Waals surface area contributed by atoms with Gasteiger partial charge in [0.2, 0.25) is 0 Å². The second-order valence-corrected chi connectivity index (χ2v) is 8.04. The topological polar surface area (TPSA) is 87.2 Å². The molecule has 0 aliphatic carbocycles. The van der Waals surface area contributed by atoms with Gasteiger partial charge in [-0.1, -0.05) is 41.9 Å². The number of pyridine rings is 1. The van der Waals surface area contributed by atoms with Gasteiger partial charge in [-0.25, -0.2) is 0 Å². The third kappa shape index (κ3) is 4.79. The van der Waals surface area contributed by atoms with Crippen molar-refractivity contribution < 1.29 is 4.74 Å². The number of nitrogen functional groups attached to an aromatic ring is 1. The molecule has 0 saturated carbocycles. The molecule has 166 valence electrons. The van der Waals surface area contributed by atoms with Crippen molar-refractivity contribution in [2.75, 3.05) is 29.6 Å². The van der Waals surface area contributed by atoms with Gasteiger partial charge in [0, 0.05) is 36.9 Å². The third-order valence-electron chi connectivity index (χ3n) is 5.31. The zero-order chi connectivity index (χ0) is 23.4. The predicted molar refractivity (Wildman–Crippen MR) is 135 cm³/mol. The van der Waals surface area contributed by atoms with Gasteiger partial charge in [-0.05, 0) is 36.8 Å². The lowest BCUT2D eigenvalue weighted by molar-refractivity contribution is 0.342. The van der Waals surface area contributed by atoms with E-state index in [2.05, 4.69) is 33.4 Å². The van der Waals surface area contributed by atoms with E-state index in [4.69, 9.17) is 22.1 Å². The Hall–Kier alpha value is -3.95. The largest absolute Gasteiger partial charge is 0.492 e. The van der Waals surface area contributed by atoms with Crippen LogP contribution in [0.4, 0.5) is 22.7 Å². The zero-order valence-electron chi connectivity index (χ0n) is 18.5. The molecule has 4 aromatic rings. The fraction of sp³-hybridized carbons (Fsp3) is 0.154. The summed E-state index contributed by atoms with van der Waals surface area (Å²) in [6, 6.07) is 21.7. The average molecular weight is 458 g/mol. The summed E-state index contributed by atoms with van der Waals surface area (Å²) in [5, 5.41) is 14.3. The molecule has 0 amide bonds. The third-order valence-corrected chi connectivity index (χ3v) is 5.61. The first kappa shape index (κ1) is 22.3. The Labute approximate surface area is 198 Å². The summed E-state index contributed by atoms with van der Waals surface area (Å²) in [7, 11) is 2.00. The van der Waals surface area contributed by atoms with Gasteiger partial charge in [0.25, 0.3) is 0 Å². The molecular weight excluding hydrogens is 434 g/mol. The lowest BCUT2D eigenvalue weighted by Gasteiger charge is -2.21. The van der Waals surface area contributed by atoms with Crippen LogP contribution in [0, 0.1) is 11.3 Å². The zero-order valence-corrected chi connectivity index (χ0v) is 19.2. The maximum atomic E-state index is 9.66. The SMILES string of the molecule is CCOc1cc2ncc(C#N)c(Nc3ccc(N(C)Cc4ccccc4)c(Cl)c3)c2cc1N. The summed E-state index contributed by atoms with van der Waals surface area (Å²) in [6.07, 6.45) is 1.54. The Kier molecular flexibility index (Phi) is 6.53. The van der Waals surface area contributed by atoms with Crippen LogP contribution in [0.25, 0.3) is 10.9 Å². The van der Waals surface area contributed by atoms with Crippen molar-refractivity contribution in [1.29, 1.82) is 5.26 Å². The number of ether oxygens (including phenoxy) is 1. The maximum absolute atomic E-state index is 9.66. The first-order valence-electron chi connectivity index (χ1n) is 10.6. The molecule has 0 aliphatic rings. The van der Waals surface area contributed by atoms with Crippen LogP contribution in [0.2, 0.25) is 5.02 Å². The number of nitrogens with two attached hydrogens (primary N) is 1. The molecule has 0 saturated heterocycles. The highest BCUT2D eigenvalue weighted by Gasteiger charge is 2.14. The number of hydrogen-bond donors (Lipinski definition) is 2. The Bertz CT molecular complexity index is 1330. The molecule has 3 aromatic carbocycles. The summed E-state index contributed by atoms with van der Waals surface area (Å²) in [6.45, 7) is 3.14. The Morgan fingerprint density at radius 3 is 2.64 bits per heavy atom. The van der Waals surface area contributed by atoms with E-state index in [9.17, 15) is 5.26 Å². The summed E-state index contributed by atoms with van der Waals surface area (Å²) >= 11 is 6.63. The quantitative estimate of drug-likeness (QED) is 0.325. The molecule has 3 N–H and O–H groups in total. The van der Waals surface area contributed by atoms with Crippen molar-refractivity contribution in [1.82, 2.24) is 4.98 Å². The van der Waals surface area contributed by atoms with Gasteiger partial charge >= 0.3 is 0 Å². The van der Waals surface area contributed by atoms with E-state index >= 15 is 0 Å².